The van der Waals surface area contributed by atoms with Crippen molar-refractivity contribution in [2.24, 2.45) is 5.92 Å². The molecule has 0 amide bonds. The normalized spacial score (nSPS) is 14.9. The van der Waals surface area contributed by atoms with Gasteiger partial charge in [0.05, 0.1) is 17.5 Å². The SMILES string of the molecule is CCOc1nc2n(CC3CC3)c(=O)c3ccccc3n2n1. The lowest BCUT2D eigenvalue weighted by Gasteiger charge is -2.08. The third kappa shape index (κ3) is 1.98. The van der Waals surface area contributed by atoms with Crippen molar-refractivity contribution < 1.29 is 4.74 Å². The van der Waals surface area contributed by atoms with Crippen LogP contribution in [-0.2, 0) is 6.54 Å². The van der Waals surface area contributed by atoms with Gasteiger partial charge in [-0.1, -0.05) is 12.1 Å². The first-order valence-electron chi connectivity index (χ1n) is 7.29. The van der Waals surface area contributed by atoms with Gasteiger partial charge in [-0.15, -0.1) is 5.10 Å². The van der Waals surface area contributed by atoms with Crippen LogP contribution in [0.1, 0.15) is 19.8 Å². The summed E-state index contributed by atoms with van der Waals surface area (Å²) in [6, 6.07) is 7.81. The minimum Gasteiger partial charge on any atom is -0.463 e. The number of hydrogen-bond donors (Lipinski definition) is 0. The molecule has 21 heavy (non-hydrogen) atoms. The van der Waals surface area contributed by atoms with E-state index in [4.69, 9.17) is 4.74 Å². The molecule has 6 nitrogen and oxygen atoms in total. The Morgan fingerprint density at radius 2 is 2.14 bits per heavy atom. The summed E-state index contributed by atoms with van der Waals surface area (Å²) in [5.74, 6) is 1.15. The van der Waals surface area contributed by atoms with Gasteiger partial charge in [-0.3, -0.25) is 9.36 Å². The zero-order chi connectivity index (χ0) is 14.4. The van der Waals surface area contributed by atoms with E-state index in [0.29, 0.717) is 36.2 Å². The molecule has 1 aromatic carbocycles. The molecule has 1 saturated carbocycles. The number of rotatable bonds is 4. The van der Waals surface area contributed by atoms with Crippen LogP contribution < -0.4 is 10.3 Å². The molecule has 0 N–H and O–H groups in total. The van der Waals surface area contributed by atoms with Crippen molar-refractivity contribution in [3.63, 3.8) is 0 Å². The molecule has 108 valence electrons. The molecular formula is C15H16N4O2. The molecule has 2 heterocycles. The number of hydrogen-bond acceptors (Lipinski definition) is 4. The maximum Gasteiger partial charge on any atom is 0.337 e. The molecule has 0 unspecified atom stereocenters. The van der Waals surface area contributed by atoms with Gasteiger partial charge in [0.2, 0.25) is 5.78 Å². The second kappa shape index (κ2) is 4.58. The van der Waals surface area contributed by atoms with E-state index < -0.39 is 0 Å². The van der Waals surface area contributed by atoms with Gasteiger partial charge < -0.3 is 4.74 Å². The van der Waals surface area contributed by atoms with Crippen molar-refractivity contribution in [2.75, 3.05) is 6.61 Å². The highest BCUT2D eigenvalue weighted by atomic mass is 16.5. The lowest BCUT2D eigenvalue weighted by Crippen LogP contribution is -2.24. The number of fused-ring (bicyclic) bond motifs is 3. The lowest BCUT2D eigenvalue weighted by atomic mass is 10.2. The van der Waals surface area contributed by atoms with Crippen LogP contribution in [0.3, 0.4) is 0 Å². The topological polar surface area (TPSA) is 61.4 Å². The molecule has 1 aliphatic carbocycles. The Hall–Kier alpha value is -2.37. The Labute approximate surface area is 121 Å². The zero-order valence-corrected chi connectivity index (χ0v) is 11.8. The molecule has 0 radical (unpaired) electrons. The van der Waals surface area contributed by atoms with Crippen molar-refractivity contribution in [3.05, 3.63) is 34.6 Å². The minimum atomic E-state index is 0.000415. The fourth-order valence-electron chi connectivity index (χ4n) is 2.61. The molecule has 1 aliphatic rings. The summed E-state index contributed by atoms with van der Waals surface area (Å²) in [4.78, 5) is 17.1. The largest absolute Gasteiger partial charge is 0.463 e. The van der Waals surface area contributed by atoms with E-state index in [0.717, 1.165) is 5.52 Å². The summed E-state index contributed by atoms with van der Waals surface area (Å²) < 4.78 is 8.84. The Bertz CT molecular complexity index is 876. The van der Waals surface area contributed by atoms with Crippen LogP contribution in [0.25, 0.3) is 16.7 Å². The second-order valence-corrected chi connectivity index (χ2v) is 5.42. The van der Waals surface area contributed by atoms with Crippen molar-refractivity contribution >= 4 is 16.7 Å². The van der Waals surface area contributed by atoms with Gasteiger partial charge in [-0.05, 0) is 37.8 Å². The third-order valence-electron chi connectivity index (χ3n) is 3.83. The van der Waals surface area contributed by atoms with Crippen LogP contribution in [0, 0.1) is 5.92 Å². The van der Waals surface area contributed by atoms with Crippen LogP contribution in [0.2, 0.25) is 0 Å². The van der Waals surface area contributed by atoms with E-state index in [1.165, 1.54) is 12.8 Å². The van der Waals surface area contributed by atoms with Crippen molar-refractivity contribution in [2.45, 2.75) is 26.3 Å². The Kier molecular flexibility index (Phi) is 2.70. The van der Waals surface area contributed by atoms with Gasteiger partial charge in [0, 0.05) is 6.54 Å². The maximum absolute atomic E-state index is 12.7. The summed E-state index contributed by atoms with van der Waals surface area (Å²) in [7, 11) is 0. The second-order valence-electron chi connectivity index (χ2n) is 5.42. The van der Waals surface area contributed by atoms with Gasteiger partial charge in [-0.2, -0.15) is 9.50 Å². The Balaban J connectivity index is 2.06. The average molecular weight is 284 g/mol. The van der Waals surface area contributed by atoms with Crippen LogP contribution in [0.5, 0.6) is 6.01 Å². The molecule has 2 aromatic heterocycles. The number of ether oxygens (including phenoxy) is 1. The van der Waals surface area contributed by atoms with Gasteiger partial charge in [0.25, 0.3) is 5.56 Å². The van der Waals surface area contributed by atoms with Crippen molar-refractivity contribution in [1.29, 1.82) is 0 Å². The predicted molar refractivity (Wildman–Crippen MR) is 78.6 cm³/mol. The van der Waals surface area contributed by atoms with Gasteiger partial charge in [-0.25, -0.2) is 0 Å². The van der Waals surface area contributed by atoms with Crippen LogP contribution in [0.4, 0.5) is 0 Å². The van der Waals surface area contributed by atoms with Crippen LogP contribution in [-0.4, -0.2) is 25.8 Å². The van der Waals surface area contributed by atoms with Crippen LogP contribution >= 0.6 is 0 Å². The summed E-state index contributed by atoms with van der Waals surface area (Å²) in [5, 5.41) is 5.05. The fourth-order valence-corrected chi connectivity index (χ4v) is 2.61. The Morgan fingerprint density at radius 3 is 2.90 bits per heavy atom. The molecule has 4 rings (SSSR count). The van der Waals surface area contributed by atoms with Gasteiger partial charge in [0.15, 0.2) is 0 Å². The predicted octanol–water partition coefficient (Wildman–Crippen LogP) is 1.85. The zero-order valence-electron chi connectivity index (χ0n) is 11.8. The monoisotopic (exact) mass is 284 g/mol. The summed E-state index contributed by atoms with van der Waals surface area (Å²) in [6.45, 7) is 3.10. The van der Waals surface area contributed by atoms with Gasteiger partial charge in [0.1, 0.15) is 0 Å². The van der Waals surface area contributed by atoms with Crippen molar-refractivity contribution in [1.82, 2.24) is 19.2 Å². The first kappa shape index (κ1) is 12.4. The number of benzene rings is 1. The maximum atomic E-state index is 12.7. The third-order valence-corrected chi connectivity index (χ3v) is 3.83. The highest BCUT2D eigenvalue weighted by Crippen LogP contribution is 2.31. The molecular weight excluding hydrogens is 268 g/mol. The minimum absolute atomic E-state index is 0.000415. The smallest absolute Gasteiger partial charge is 0.337 e. The molecule has 0 aliphatic heterocycles. The van der Waals surface area contributed by atoms with E-state index in [9.17, 15) is 4.79 Å². The van der Waals surface area contributed by atoms with E-state index >= 15 is 0 Å². The molecule has 0 saturated heterocycles. The molecule has 1 fully saturated rings. The first-order chi connectivity index (χ1) is 10.3. The number of para-hydroxylation sites is 1. The van der Waals surface area contributed by atoms with Gasteiger partial charge >= 0.3 is 6.01 Å². The highest BCUT2D eigenvalue weighted by Gasteiger charge is 2.25. The fraction of sp³-hybridized carbons (Fsp3) is 0.400. The summed E-state index contributed by atoms with van der Waals surface area (Å²) in [5.41, 5.74) is 0.767. The van der Waals surface area contributed by atoms with Crippen molar-refractivity contribution in [3.8, 4) is 6.01 Å². The number of aromatic nitrogens is 4. The summed E-state index contributed by atoms with van der Waals surface area (Å²) in [6.07, 6.45) is 2.36. The standard InChI is InChI=1S/C15H16N4O2/c1-2-21-14-16-15-18(9-10-7-8-10)13(20)11-5-3-4-6-12(11)19(15)17-14/h3-6,10H,2,7-9H2,1H3. The molecule has 3 aromatic rings. The Morgan fingerprint density at radius 1 is 1.33 bits per heavy atom. The van der Waals surface area contributed by atoms with E-state index in [-0.39, 0.29) is 5.56 Å². The molecule has 0 spiro atoms. The summed E-state index contributed by atoms with van der Waals surface area (Å²) >= 11 is 0. The molecule has 0 bridgehead atoms. The quantitative estimate of drug-likeness (QED) is 0.733. The first-order valence-corrected chi connectivity index (χ1v) is 7.29. The van der Waals surface area contributed by atoms with Crippen LogP contribution in [0.15, 0.2) is 29.1 Å². The number of nitrogens with zero attached hydrogens (tertiary/aromatic N) is 4. The lowest BCUT2D eigenvalue weighted by molar-refractivity contribution is 0.313. The molecule has 6 heteroatoms. The van der Waals surface area contributed by atoms with E-state index in [1.807, 2.05) is 31.2 Å². The average Bonchev–Trinajstić information content (AvgIpc) is 3.22. The van der Waals surface area contributed by atoms with E-state index in [2.05, 4.69) is 10.1 Å². The van der Waals surface area contributed by atoms with E-state index in [1.54, 1.807) is 9.08 Å². The molecule has 0 atom stereocenters. The highest BCUT2D eigenvalue weighted by molar-refractivity contribution is 5.79.